The minimum atomic E-state index is -0.992. The van der Waals surface area contributed by atoms with Crippen LogP contribution in [0.25, 0.3) is 0 Å². The molecule has 0 spiro atoms. The van der Waals surface area contributed by atoms with Crippen LogP contribution in [0.3, 0.4) is 0 Å². The number of phenolic OH excluding ortho intramolecular Hbond substituents is 1. The Hall–Kier alpha value is -1.41. The maximum Gasteiger partial charge on any atom is 0.269 e. The molecule has 0 bridgehead atoms. The molecule has 1 aromatic rings. The smallest absolute Gasteiger partial charge is 0.269 e. The molecule has 8 heteroatoms. The van der Waals surface area contributed by atoms with E-state index in [0.717, 1.165) is 0 Å². The Morgan fingerprint density at radius 2 is 2.20 bits per heavy atom. The molecule has 1 aromatic carbocycles. The van der Waals surface area contributed by atoms with Gasteiger partial charge in [0.1, 0.15) is 11.5 Å². The molecule has 1 atom stereocenters. The predicted molar refractivity (Wildman–Crippen MR) is 80.7 cm³/mol. The number of hydrogen-bond donors (Lipinski definition) is 3. The molecule has 0 fully saturated rings. The summed E-state index contributed by atoms with van der Waals surface area (Å²) in [4.78, 5) is 11.8. The quantitative estimate of drug-likeness (QED) is 0.399. The number of nitrogens with one attached hydrogen (secondary N) is 1. The van der Waals surface area contributed by atoms with Gasteiger partial charge >= 0.3 is 0 Å². The third kappa shape index (κ3) is 5.30. The highest BCUT2D eigenvalue weighted by Crippen LogP contribution is 2.24. The Bertz CT molecular complexity index is 548. The topological polar surface area (TPSA) is 99.0 Å². The average Bonchev–Trinajstić information content (AvgIpc) is 2.39. The van der Waals surface area contributed by atoms with E-state index < -0.39 is 16.7 Å². The highest BCUT2D eigenvalue weighted by molar-refractivity contribution is 9.10. The van der Waals surface area contributed by atoms with Crippen molar-refractivity contribution in [3.63, 3.8) is 0 Å². The zero-order valence-electron chi connectivity index (χ0n) is 10.8. The van der Waals surface area contributed by atoms with E-state index in [-0.39, 0.29) is 24.4 Å². The number of rotatable bonds is 6. The van der Waals surface area contributed by atoms with Gasteiger partial charge in [-0.25, -0.2) is 0 Å². The molecular weight excluding hydrogens is 348 g/mol. The van der Waals surface area contributed by atoms with E-state index in [1.165, 1.54) is 6.07 Å². The highest BCUT2D eigenvalue weighted by atomic mass is 79.9. The Balaban J connectivity index is 2.65. The molecule has 0 aliphatic rings. The molecule has 20 heavy (non-hydrogen) atoms. The molecule has 0 aliphatic carbocycles. The lowest BCUT2D eigenvalue weighted by atomic mass is 10.1. The first-order chi connectivity index (χ1) is 9.43. The zero-order chi connectivity index (χ0) is 15.1. The van der Waals surface area contributed by atoms with Crippen molar-refractivity contribution in [3.8, 4) is 5.75 Å². The first-order valence-electron chi connectivity index (χ1n) is 5.70. The molecule has 3 N–H and O–H groups in total. The number of halogens is 1. The lowest BCUT2D eigenvalue weighted by Gasteiger charge is -2.07. The van der Waals surface area contributed by atoms with Crippen LogP contribution in [0.15, 0.2) is 27.8 Å². The molecule has 6 nitrogen and oxygen atoms in total. The Labute approximate surface area is 127 Å². The summed E-state index contributed by atoms with van der Waals surface area (Å²) in [7, 11) is -0.992. The summed E-state index contributed by atoms with van der Waals surface area (Å²) in [6.45, 7) is 0.250. The normalized spacial score (nSPS) is 13.0. The van der Waals surface area contributed by atoms with Crippen molar-refractivity contribution in [3.05, 3.63) is 28.2 Å². The number of phenols is 1. The minimum absolute atomic E-state index is 0.0514. The van der Waals surface area contributed by atoms with E-state index >= 15 is 0 Å². The molecule has 1 rings (SSSR count). The van der Waals surface area contributed by atoms with Crippen molar-refractivity contribution in [2.45, 2.75) is 6.42 Å². The van der Waals surface area contributed by atoms with Gasteiger partial charge in [0, 0.05) is 35.8 Å². The minimum Gasteiger partial charge on any atom is -0.507 e. The third-order valence-corrected chi connectivity index (χ3v) is 3.86. The summed E-state index contributed by atoms with van der Waals surface area (Å²) in [5.41, 5.74) is 0.654. The molecule has 110 valence electrons. The molecule has 0 aliphatic heterocycles. The maximum atomic E-state index is 11.8. The lowest BCUT2D eigenvalue weighted by molar-refractivity contribution is -0.114. The van der Waals surface area contributed by atoms with Gasteiger partial charge in [0.25, 0.3) is 5.91 Å². The molecule has 1 amide bonds. The monoisotopic (exact) mass is 362 g/mol. The van der Waals surface area contributed by atoms with Crippen LogP contribution in [-0.4, -0.2) is 44.7 Å². The van der Waals surface area contributed by atoms with Crippen molar-refractivity contribution in [2.75, 3.05) is 18.6 Å². The van der Waals surface area contributed by atoms with E-state index in [9.17, 15) is 14.1 Å². The first kappa shape index (κ1) is 16.6. The number of carbonyl (C=O) groups is 1. The van der Waals surface area contributed by atoms with E-state index in [1.54, 1.807) is 18.4 Å². The van der Waals surface area contributed by atoms with Crippen LogP contribution in [0.5, 0.6) is 5.75 Å². The van der Waals surface area contributed by atoms with Gasteiger partial charge in [-0.15, -0.1) is 0 Å². The van der Waals surface area contributed by atoms with E-state index in [4.69, 9.17) is 5.21 Å². The van der Waals surface area contributed by atoms with Gasteiger partial charge in [0.05, 0.1) is 4.47 Å². The first-order valence-corrected chi connectivity index (χ1v) is 8.22. The molecule has 0 aromatic heterocycles. The predicted octanol–water partition coefficient (Wildman–Crippen LogP) is 1.02. The molecule has 0 saturated heterocycles. The maximum absolute atomic E-state index is 11.8. The molecule has 0 saturated carbocycles. The van der Waals surface area contributed by atoms with Gasteiger partial charge in [0.2, 0.25) is 0 Å². The van der Waals surface area contributed by atoms with Crippen molar-refractivity contribution < 1.29 is 19.3 Å². The molecule has 0 heterocycles. The summed E-state index contributed by atoms with van der Waals surface area (Å²) in [6.07, 6.45) is 1.66. The molecular formula is C12H15BrN2O4S. The van der Waals surface area contributed by atoms with Gasteiger partial charge in [-0.3, -0.25) is 9.00 Å². The van der Waals surface area contributed by atoms with Crippen LogP contribution in [0.4, 0.5) is 0 Å². The van der Waals surface area contributed by atoms with E-state index in [2.05, 4.69) is 26.4 Å². The number of aromatic hydroxyl groups is 1. The van der Waals surface area contributed by atoms with Gasteiger partial charge in [-0.05, 0) is 33.6 Å². The number of amides is 1. The Kier molecular flexibility index (Phi) is 6.66. The summed E-state index contributed by atoms with van der Waals surface area (Å²) in [5, 5.41) is 23.8. The van der Waals surface area contributed by atoms with E-state index in [0.29, 0.717) is 15.8 Å². The van der Waals surface area contributed by atoms with Crippen LogP contribution < -0.4 is 5.32 Å². The zero-order valence-corrected chi connectivity index (χ0v) is 13.2. The third-order valence-electron chi connectivity index (χ3n) is 2.44. The fraction of sp³-hybridized carbons (Fsp3) is 0.333. The number of oxime groups is 1. The van der Waals surface area contributed by atoms with Gasteiger partial charge in [-0.2, -0.15) is 0 Å². The number of nitrogens with zero attached hydrogens (tertiary/aromatic N) is 1. The van der Waals surface area contributed by atoms with Crippen molar-refractivity contribution >= 4 is 38.3 Å². The second-order valence-corrected chi connectivity index (χ2v) is 6.45. The van der Waals surface area contributed by atoms with Gasteiger partial charge in [-0.1, -0.05) is 11.2 Å². The molecule has 0 radical (unpaired) electrons. The van der Waals surface area contributed by atoms with Crippen LogP contribution in [0.2, 0.25) is 0 Å². The average molecular weight is 363 g/mol. The Morgan fingerprint density at radius 1 is 1.50 bits per heavy atom. The van der Waals surface area contributed by atoms with Crippen LogP contribution in [0, 0.1) is 0 Å². The Morgan fingerprint density at radius 3 is 2.75 bits per heavy atom. The van der Waals surface area contributed by atoms with Crippen LogP contribution >= 0.6 is 15.9 Å². The van der Waals surface area contributed by atoms with Gasteiger partial charge in [0.15, 0.2) is 0 Å². The number of carbonyl (C=O) groups excluding carboxylic acids is 1. The summed E-state index contributed by atoms with van der Waals surface area (Å²) in [6, 6.07) is 4.74. The van der Waals surface area contributed by atoms with Crippen molar-refractivity contribution in [1.29, 1.82) is 0 Å². The fourth-order valence-corrected chi connectivity index (χ4v) is 2.24. The standard InChI is InChI=1S/C12H15BrN2O4S/c1-20(19)5-4-14-12(17)10(15-18)7-8-2-3-11(16)9(13)6-8/h2-3,6,16,18H,4-5,7H2,1H3,(H,14,17). The fourth-order valence-electron chi connectivity index (χ4n) is 1.43. The summed E-state index contributed by atoms with van der Waals surface area (Å²) < 4.78 is 11.4. The number of benzene rings is 1. The van der Waals surface area contributed by atoms with Crippen molar-refractivity contribution in [1.82, 2.24) is 5.32 Å². The molecule has 1 unspecified atom stereocenters. The second-order valence-electron chi connectivity index (χ2n) is 4.04. The SMILES string of the molecule is CS(=O)CCNC(=O)C(Cc1ccc(O)c(Br)c1)=NO. The van der Waals surface area contributed by atoms with Crippen LogP contribution in [-0.2, 0) is 22.0 Å². The van der Waals surface area contributed by atoms with Crippen molar-refractivity contribution in [2.24, 2.45) is 5.16 Å². The number of hydrogen-bond acceptors (Lipinski definition) is 5. The van der Waals surface area contributed by atoms with Gasteiger partial charge < -0.3 is 15.6 Å². The largest absolute Gasteiger partial charge is 0.507 e. The summed E-state index contributed by atoms with van der Waals surface area (Å²) >= 11 is 3.17. The highest BCUT2D eigenvalue weighted by Gasteiger charge is 2.13. The summed E-state index contributed by atoms with van der Waals surface area (Å²) in [5.74, 6) is -0.0804. The van der Waals surface area contributed by atoms with Crippen LogP contribution in [0.1, 0.15) is 5.56 Å². The lowest BCUT2D eigenvalue weighted by Crippen LogP contribution is -2.34. The van der Waals surface area contributed by atoms with E-state index in [1.807, 2.05) is 0 Å². The second kappa shape index (κ2) is 8.01.